The average Bonchev–Trinajstić information content (AvgIpc) is 2.75. The van der Waals surface area contributed by atoms with E-state index in [4.69, 9.17) is 4.74 Å². The fraction of sp³-hybridized carbons (Fsp3) is 0.286. The van der Waals surface area contributed by atoms with Gasteiger partial charge in [-0.15, -0.1) is 5.10 Å². The number of benzene rings is 2. The molecule has 1 saturated heterocycles. The van der Waals surface area contributed by atoms with Crippen LogP contribution in [0.1, 0.15) is 11.1 Å². The standard InChI is InChI=1S/C21H24N6O/c1-16-6-8-17(9-7-16)14-22-21-25-20(15-23-26-21)24-18-4-2-3-5-19(18)27-10-12-28-13-11-27/h2-9,15H,10-14H2,1H3,(H2,22,24,25,26). The van der Waals surface area contributed by atoms with Gasteiger partial charge in [0.2, 0.25) is 5.95 Å². The van der Waals surface area contributed by atoms with Crippen molar-refractivity contribution in [3.05, 3.63) is 65.9 Å². The van der Waals surface area contributed by atoms with Gasteiger partial charge in [0.05, 0.1) is 30.8 Å². The van der Waals surface area contributed by atoms with Gasteiger partial charge in [0.15, 0.2) is 5.82 Å². The highest BCUT2D eigenvalue weighted by Gasteiger charge is 2.15. The monoisotopic (exact) mass is 376 g/mol. The lowest BCUT2D eigenvalue weighted by Crippen LogP contribution is -2.36. The number of morpholine rings is 1. The first kappa shape index (κ1) is 18.2. The van der Waals surface area contributed by atoms with Crippen molar-refractivity contribution in [2.75, 3.05) is 41.8 Å². The molecule has 0 radical (unpaired) electrons. The van der Waals surface area contributed by atoms with Gasteiger partial charge < -0.3 is 20.3 Å². The third-order valence-electron chi connectivity index (χ3n) is 4.65. The van der Waals surface area contributed by atoms with Gasteiger partial charge in [-0.1, -0.05) is 42.0 Å². The Hall–Kier alpha value is -3.19. The molecule has 0 bridgehead atoms. The van der Waals surface area contributed by atoms with Crippen molar-refractivity contribution in [1.82, 2.24) is 15.2 Å². The molecule has 1 fully saturated rings. The topological polar surface area (TPSA) is 75.2 Å². The molecule has 0 aliphatic carbocycles. The molecule has 7 heteroatoms. The summed E-state index contributed by atoms with van der Waals surface area (Å²) in [5, 5.41) is 14.8. The Morgan fingerprint density at radius 2 is 1.82 bits per heavy atom. The molecule has 3 aromatic rings. The van der Waals surface area contributed by atoms with Gasteiger partial charge in [-0.2, -0.15) is 10.1 Å². The van der Waals surface area contributed by atoms with E-state index in [1.165, 1.54) is 11.1 Å². The number of aromatic nitrogens is 3. The SMILES string of the molecule is Cc1ccc(CNc2nncc(Nc3ccccc3N3CCOCC3)n2)cc1. The van der Waals surface area contributed by atoms with Crippen molar-refractivity contribution < 1.29 is 4.74 Å². The molecule has 1 aliphatic rings. The summed E-state index contributed by atoms with van der Waals surface area (Å²) in [6.07, 6.45) is 1.63. The summed E-state index contributed by atoms with van der Waals surface area (Å²) < 4.78 is 5.46. The summed E-state index contributed by atoms with van der Waals surface area (Å²) in [7, 11) is 0. The largest absolute Gasteiger partial charge is 0.378 e. The number of aryl methyl sites for hydroxylation is 1. The molecule has 28 heavy (non-hydrogen) atoms. The molecule has 1 aromatic heterocycles. The number of para-hydroxylation sites is 2. The number of hydrogen-bond acceptors (Lipinski definition) is 7. The average molecular weight is 376 g/mol. The third-order valence-corrected chi connectivity index (χ3v) is 4.65. The van der Waals surface area contributed by atoms with E-state index in [0.717, 1.165) is 37.7 Å². The maximum absolute atomic E-state index is 5.46. The van der Waals surface area contributed by atoms with E-state index in [2.05, 4.69) is 68.0 Å². The molecule has 0 spiro atoms. The highest BCUT2D eigenvalue weighted by atomic mass is 16.5. The minimum atomic E-state index is 0.495. The van der Waals surface area contributed by atoms with Gasteiger partial charge in [-0.25, -0.2) is 0 Å². The Kier molecular flexibility index (Phi) is 5.63. The summed E-state index contributed by atoms with van der Waals surface area (Å²) in [6, 6.07) is 16.6. The predicted octanol–water partition coefficient (Wildman–Crippen LogP) is 3.37. The van der Waals surface area contributed by atoms with Crippen molar-refractivity contribution in [1.29, 1.82) is 0 Å². The second kappa shape index (κ2) is 8.67. The number of rotatable bonds is 6. The maximum atomic E-state index is 5.46. The van der Waals surface area contributed by atoms with Crippen LogP contribution in [0.15, 0.2) is 54.7 Å². The quantitative estimate of drug-likeness (QED) is 0.683. The molecule has 4 rings (SSSR count). The van der Waals surface area contributed by atoms with E-state index in [-0.39, 0.29) is 0 Å². The summed E-state index contributed by atoms with van der Waals surface area (Å²) in [5.74, 6) is 1.15. The van der Waals surface area contributed by atoms with Crippen LogP contribution in [-0.2, 0) is 11.3 Å². The van der Waals surface area contributed by atoms with Crippen molar-refractivity contribution >= 4 is 23.1 Å². The lowest BCUT2D eigenvalue weighted by molar-refractivity contribution is 0.123. The minimum absolute atomic E-state index is 0.495. The number of nitrogens with zero attached hydrogens (tertiary/aromatic N) is 4. The lowest BCUT2D eigenvalue weighted by atomic mass is 10.1. The highest BCUT2D eigenvalue weighted by Crippen LogP contribution is 2.28. The van der Waals surface area contributed by atoms with Crippen LogP contribution in [-0.4, -0.2) is 41.5 Å². The van der Waals surface area contributed by atoms with Gasteiger partial charge >= 0.3 is 0 Å². The minimum Gasteiger partial charge on any atom is -0.378 e. The molecular weight excluding hydrogens is 352 g/mol. The van der Waals surface area contributed by atoms with Gasteiger partial charge in [0, 0.05) is 19.6 Å². The maximum Gasteiger partial charge on any atom is 0.244 e. The number of anilines is 4. The molecular formula is C21H24N6O. The van der Waals surface area contributed by atoms with Gasteiger partial charge in [-0.05, 0) is 24.6 Å². The smallest absolute Gasteiger partial charge is 0.244 e. The second-order valence-corrected chi connectivity index (χ2v) is 6.75. The van der Waals surface area contributed by atoms with Crippen LogP contribution in [0.2, 0.25) is 0 Å². The Balaban J connectivity index is 1.45. The van der Waals surface area contributed by atoms with Crippen LogP contribution in [0, 0.1) is 6.92 Å². The zero-order valence-electron chi connectivity index (χ0n) is 15.9. The number of ether oxygens (including phenoxy) is 1. The van der Waals surface area contributed by atoms with Crippen LogP contribution in [0.25, 0.3) is 0 Å². The van der Waals surface area contributed by atoms with E-state index in [9.17, 15) is 0 Å². The molecule has 0 atom stereocenters. The van der Waals surface area contributed by atoms with E-state index >= 15 is 0 Å². The van der Waals surface area contributed by atoms with E-state index < -0.39 is 0 Å². The van der Waals surface area contributed by atoms with E-state index in [1.54, 1.807) is 6.20 Å². The van der Waals surface area contributed by atoms with Crippen molar-refractivity contribution in [3.8, 4) is 0 Å². The number of nitrogens with one attached hydrogen (secondary N) is 2. The van der Waals surface area contributed by atoms with Crippen LogP contribution in [0.5, 0.6) is 0 Å². The van der Waals surface area contributed by atoms with Gasteiger partial charge in [0.1, 0.15) is 0 Å². The normalized spacial score (nSPS) is 14.0. The molecule has 1 aliphatic heterocycles. The zero-order chi connectivity index (χ0) is 19.2. The lowest BCUT2D eigenvalue weighted by Gasteiger charge is -2.30. The molecule has 2 heterocycles. The number of hydrogen-bond donors (Lipinski definition) is 2. The Labute approximate surface area is 164 Å². The Morgan fingerprint density at radius 1 is 1.04 bits per heavy atom. The van der Waals surface area contributed by atoms with Crippen molar-refractivity contribution in [3.63, 3.8) is 0 Å². The van der Waals surface area contributed by atoms with Crippen LogP contribution >= 0.6 is 0 Å². The van der Waals surface area contributed by atoms with E-state index in [1.807, 2.05) is 18.2 Å². The first-order valence-corrected chi connectivity index (χ1v) is 9.46. The van der Waals surface area contributed by atoms with Gasteiger partial charge in [0.25, 0.3) is 0 Å². The van der Waals surface area contributed by atoms with Crippen LogP contribution in [0.4, 0.5) is 23.1 Å². The summed E-state index contributed by atoms with van der Waals surface area (Å²) in [6.45, 7) is 5.98. The van der Waals surface area contributed by atoms with Crippen LogP contribution < -0.4 is 15.5 Å². The summed E-state index contributed by atoms with van der Waals surface area (Å²) >= 11 is 0. The summed E-state index contributed by atoms with van der Waals surface area (Å²) in [4.78, 5) is 6.86. The predicted molar refractivity (Wildman–Crippen MR) is 111 cm³/mol. The fourth-order valence-corrected chi connectivity index (χ4v) is 3.12. The van der Waals surface area contributed by atoms with Crippen molar-refractivity contribution in [2.24, 2.45) is 0 Å². The van der Waals surface area contributed by atoms with Gasteiger partial charge in [-0.3, -0.25) is 0 Å². The molecule has 2 aromatic carbocycles. The molecule has 0 unspecified atom stereocenters. The zero-order valence-corrected chi connectivity index (χ0v) is 15.9. The summed E-state index contributed by atoms with van der Waals surface area (Å²) in [5.41, 5.74) is 4.55. The Bertz CT molecular complexity index is 909. The molecule has 0 saturated carbocycles. The fourth-order valence-electron chi connectivity index (χ4n) is 3.12. The molecule has 7 nitrogen and oxygen atoms in total. The molecule has 2 N–H and O–H groups in total. The highest BCUT2D eigenvalue weighted by molar-refractivity contribution is 5.74. The first-order chi connectivity index (χ1) is 13.8. The van der Waals surface area contributed by atoms with E-state index in [0.29, 0.717) is 18.3 Å². The molecule has 0 amide bonds. The third kappa shape index (κ3) is 4.55. The Morgan fingerprint density at radius 3 is 2.64 bits per heavy atom. The first-order valence-electron chi connectivity index (χ1n) is 9.46. The van der Waals surface area contributed by atoms with Crippen molar-refractivity contribution in [2.45, 2.75) is 13.5 Å². The van der Waals surface area contributed by atoms with Crippen LogP contribution in [0.3, 0.4) is 0 Å². The second-order valence-electron chi connectivity index (χ2n) is 6.75. The molecule has 144 valence electrons.